The number of ether oxygens (including phenoxy) is 1. The van der Waals surface area contributed by atoms with Gasteiger partial charge in [0, 0.05) is 29.3 Å². The first kappa shape index (κ1) is 17.2. The molecule has 1 aromatic carbocycles. The van der Waals surface area contributed by atoms with Crippen LogP contribution in [-0.2, 0) is 13.0 Å². The topological polar surface area (TPSA) is 63.8 Å². The van der Waals surface area contributed by atoms with Crippen LogP contribution in [0.15, 0.2) is 33.7 Å². The van der Waals surface area contributed by atoms with Crippen molar-refractivity contribution in [1.82, 2.24) is 5.32 Å². The molecule has 1 aliphatic heterocycles. The van der Waals surface area contributed by atoms with E-state index in [1.54, 1.807) is 7.11 Å². The standard InChI is InChI=1S/C20H22N2O3S/c1-11-17-15(8-9-16-18(17)22-12(2)26-16)25-19(11)20(23)21-10-13-4-6-14(24-3)7-5-13/h4-7,16,18H,8-10H2,1-3H3,(H,21,23)/t16-,18+/m0/s1. The molecule has 0 saturated carbocycles. The first-order valence-electron chi connectivity index (χ1n) is 8.81. The maximum atomic E-state index is 12.7. The van der Waals surface area contributed by atoms with Gasteiger partial charge in [-0.1, -0.05) is 12.1 Å². The number of aryl methyl sites for hydroxylation is 1. The fourth-order valence-electron chi connectivity index (χ4n) is 3.71. The molecule has 0 fully saturated rings. The molecule has 0 radical (unpaired) electrons. The van der Waals surface area contributed by atoms with Crippen LogP contribution < -0.4 is 10.1 Å². The summed E-state index contributed by atoms with van der Waals surface area (Å²) in [5.74, 6) is 1.98. The van der Waals surface area contributed by atoms with Crippen LogP contribution in [0.1, 0.15) is 52.4 Å². The lowest BCUT2D eigenvalue weighted by Crippen LogP contribution is -2.23. The maximum absolute atomic E-state index is 12.7. The summed E-state index contributed by atoms with van der Waals surface area (Å²) in [4.78, 5) is 17.4. The Balaban J connectivity index is 1.51. The summed E-state index contributed by atoms with van der Waals surface area (Å²) in [6.07, 6.45) is 1.92. The minimum atomic E-state index is -0.171. The predicted molar refractivity (Wildman–Crippen MR) is 103 cm³/mol. The van der Waals surface area contributed by atoms with Crippen molar-refractivity contribution >= 4 is 22.7 Å². The Labute approximate surface area is 157 Å². The van der Waals surface area contributed by atoms with Gasteiger partial charge < -0.3 is 14.5 Å². The Hall–Kier alpha value is -2.21. The summed E-state index contributed by atoms with van der Waals surface area (Å²) < 4.78 is 11.1. The molecule has 2 aromatic rings. The van der Waals surface area contributed by atoms with Crippen molar-refractivity contribution in [2.45, 2.75) is 44.5 Å². The SMILES string of the molecule is COc1ccc(CNC(=O)c2oc3c(c2C)[C@@H]2N=C(C)S[C@H]2CC3)cc1. The second kappa shape index (κ2) is 6.83. The average Bonchev–Trinajstić information content (AvgIpc) is 3.19. The second-order valence-electron chi connectivity index (χ2n) is 6.71. The summed E-state index contributed by atoms with van der Waals surface area (Å²) in [5.41, 5.74) is 3.07. The number of hydrogen-bond donors (Lipinski definition) is 1. The quantitative estimate of drug-likeness (QED) is 0.882. The molecule has 4 rings (SSSR count). The molecule has 0 spiro atoms. The van der Waals surface area contributed by atoms with Crippen molar-refractivity contribution in [3.63, 3.8) is 0 Å². The number of furan rings is 1. The molecule has 1 amide bonds. The van der Waals surface area contributed by atoms with Gasteiger partial charge in [0.05, 0.1) is 18.2 Å². The average molecular weight is 370 g/mol. The molecule has 0 bridgehead atoms. The fraction of sp³-hybridized carbons (Fsp3) is 0.400. The third kappa shape index (κ3) is 3.03. The lowest BCUT2D eigenvalue weighted by atomic mass is 9.90. The zero-order chi connectivity index (χ0) is 18.3. The summed E-state index contributed by atoms with van der Waals surface area (Å²) in [5, 5.41) is 4.56. The molecular formula is C20H22N2O3S. The molecule has 1 aliphatic carbocycles. The molecule has 0 unspecified atom stereocenters. The maximum Gasteiger partial charge on any atom is 0.287 e. The van der Waals surface area contributed by atoms with Gasteiger partial charge in [0.2, 0.25) is 0 Å². The number of aliphatic imine (C=N–C) groups is 1. The summed E-state index contributed by atoms with van der Waals surface area (Å²) in [7, 11) is 1.64. The normalized spacial score (nSPS) is 21.0. The van der Waals surface area contributed by atoms with Gasteiger partial charge in [-0.2, -0.15) is 0 Å². The number of amides is 1. The van der Waals surface area contributed by atoms with Crippen LogP contribution in [0.3, 0.4) is 0 Å². The smallest absolute Gasteiger partial charge is 0.287 e. The molecule has 6 heteroatoms. The van der Waals surface area contributed by atoms with E-state index in [4.69, 9.17) is 14.1 Å². The highest BCUT2D eigenvalue weighted by molar-refractivity contribution is 8.14. The number of methoxy groups -OCH3 is 1. The molecule has 2 aliphatic rings. The van der Waals surface area contributed by atoms with E-state index >= 15 is 0 Å². The van der Waals surface area contributed by atoms with Gasteiger partial charge in [-0.15, -0.1) is 11.8 Å². The number of fused-ring (bicyclic) bond motifs is 3. The zero-order valence-electron chi connectivity index (χ0n) is 15.2. The summed E-state index contributed by atoms with van der Waals surface area (Å²) in [6.45, 7) is 4.48. The fourth-order valence-corrected chi connectivity index (χ4v) is 4.89. The van der Waals surface area contributed by atoms with Gasteiger partial charge >= 0.3 is 0 Å². The van der Waals surface area contributed by atoms with E-state index in [0.717, 1.165) is 46.1 Å². The van der Waals surface area contributed by atoms with E-state index in [1.807, 2.05) is 43.0 Å². The molecule has 2 atom stereocenters. The molecule has 1 aromatic heterocycles. The van der Waals surface area contributed by atoms with Crippen molar-refractivity contribution in [1.29, 1.82) is 0 Å². The minimum Gasteiger partial charge on any atom is -0.497 e. The van der Waals surface area contributed by atoms with Gasteiger partial charge in [-0.05, 0) is 38.0 Å². The van der Waals surface area contributed by atoms with Crippen LogP contribution in [0.4, 0.5) is 0 Å². The van der Waals surface area contributed by atoms with E-state index in [9.17, 15) is 4.79 Å². The van der Waals surface area contributed by atoms with E-state index in [-0.39, 0.29) is 11.9 Å². The number of nitrogens with zero attached hydrogens (tertiary/aromatic N) is 1. The Morgan fingerprint density at radius 1 is 1.35 bits per heavy atom. The van der Waals surface area contributed by atoms with E-state index in [2.05, 4.69) is 12.2 Å². The Morgan fingerprint density at radius 2 is 2.12 bits per heavy atom. The highest BCUT2D eigenvalue weighted by atomic mass is 32.2. The van der Waals surface area contributed by atoms with Crippen LogP contribution in [0, 0.1) is 6.92 Å². The van der Waals surface area contributed by atoms with E-state index in [1.165, 1.54) is 0 Å². The van der Waals surface area contributed by atoms with Crippen LogP contribution >= 0.6 is 11.8 Å². The largest absolute Gasteiger partial charge is 0.497 e. The van der Waals surface area contributed by atoms with Gasteiger partial charge in [0.1, 0.15) is 11.5 Å². The van der Waals surface area contributed by atoms with E-state index in [0.29, 0.717) is 17.6 Å². The Kier molecular flexibility index (Phi) is 4.53. The third-order valence-corrected chi connectivity index (χ3v) is 6.28. The molecule has 136 valence electrons. The van der Waals surface area contributed by atoms with Gasteiger partial charge in [0.25, 0.3) is 5.91 Å². The van der Waals surface area contributed by atoms with Crippen molar-refractivity contribution in [3.8, 4) is 5.75 Å². The predicted octanol–water partition coefficient (Wildman–Crippen LogP) is 4.05. The van der Waals surface area contributed by atoms with Gasteiger partial charge in [0.15, 0.2) is 5.76 Å². The molecule has 26 heavy (non-hydrogen) atoms. The highest BCUT2D eigenvalue weighted by Crippen LogP contribution is 2.47. The van der Waals surface area contributed by atoms with Crippen LogP contribution in [0.2, 0.25) is 0 Å². The van der Waals surface area contributed by atoms with Crippen LogP contribution in [0.5, 0.6) is 5.75 Å². The molecule has 1 N–H and O–H groups in total. The number of hydrogen-bond acceptors (Lipinski definition) is 5. The van der Waals surface area contributed by atoms with E-state index < -0.39 is 0 Å². The monoisotopic (exact) mass is 370 g/mol. The Bertz CT molecular complexity index is 870. The number of benzene rings is 1. The number of carbonyl (C=O) groups excluding carboxylic acids is 1. The number of thioether (sulfide) groups is 1. The third-order valence-electron chi connectivity index (χ3n) is 5.04. The van der Waals surface area contributed by atoms with Crippen LogP contribution in [-0.4, -0.2) is 23.3 Å². The number of rotatable bonds is 4. The van der Waals surface area contributed by atoms with Gasteiger partial charge in [-0.3, -0.25) is 9.79 Å². The Morgan fingerprint density at radius 3 is 2.85 bits per heavy atom. The highest BCUT2D eigenvalue weighted by Gasteiger charge is 2.39. The lowest BCUT2D eigenvalue weighted by Gasteiger charge is -2.22. The zero-order valence-corrected chi connectivity index (χ0v) is 16.0. The van der Waals surface area contributed by atoms with Crippen molar-refractivity contribution in [2.75, 3.05) is 7.11 Å². The molecule has 0 saturated heterocycles. The minimum absolute atomic E-state index is 0.135. The molecular weight excluding hydrogens is 348 g/mol. The second-order valence-corrected chi connectivity index (χ2v) is 8.14. The van der Waals surface area contributed by atoms with Gasteiger partial charge in [-0.25, -0.2) is 0 Å². The van der Waals surface area contributed by atoms with Crippen molar-refractivity contribution < 1.29 is 13.9 Å². The number of carbonyl (C=O) groups is 1. The number of nitrogens with one attached hydrogen (secondary N) is 1. The summed E-state index contributed by atoms with van der Waals surface area (Å²) in [6, 6.07) is 7.79. The first-order valence-corrected chi connectivity index (χ1v) is 9.69. The first-order chi connectivity index (χ1) is 12.6. The van der Waals surface area contributed by atoms with Crippen LogP contribution in [0.25, 0.3) is 0 Å². The lowest BCUT2D eigenvalue weighted by molar-refractivity contribution is 0.0920. The molecule has 2 heterocycles. The summed E-state index contributed by atoms with van der Waals surface area (Å²) >= 11 is 1.85. The molecule has 5 nitrogen and oxygen atoms in total. The van der Waals surface area contributed by atoms with Crippen molar-refractivity contribution in [2.24, 2.45) is 4.99 Å². The van der Waals surface area contributed by atoms with Crippen molar-refractivity contribution in [3.05, 3.63) is 52.5 Å².